The van der Waals surface area contributed by atoms with E-state index in [0.29, 0.717) is 11.5 Å². The number of hydrogen-bond donors (Lipinski definition) is 2. The topological polar surface area (TPSA) is 62.2 Å². The zero-order chi connectivity index (χ0) is 15.4. The Balaban J connectivity index is 1.69. The third-order valence-corrected chi connectivity index (χ3v) is 4.18. The van der Waals surface area contributed by atoms with Crippen molar-refractivity contribution in [3.05, 3.63) is 53.7 Å². The summed E-state index contributed by atoms with van der Waals surface area (Å²) in [6, 6.07) is 11.0. The van der Waals surface area contributed by atoms with Gasteiger partial charge in [0, 0.05) is 11.8 Å². The van der Waals surface area contributed by atoms with Crippen LogP contribution in [0.1, 0.15) is 28.8 Å². The summed E-state index contributed by atoms with van der Waals surface area (Å²) in [5.74, 6) is -0.202. The predicted octanol–water partition coefficient (Wildman–Crippen LogP) is 2.99. The Hall–Kier alpha value is -2.20. The van der Waals surface area contributed by atoms with Crippen molar-refractivity contribution in [2.24, 2.45) is 5.92 Å². The van der Waals surface area contributed by atoms with Crippen molar-refractivity contribution >= 4 is 5.97 Å². The molecular formula is C18H20N2O2. The molecule has 1 aromatic carbocycles. The van der Waals surface area contributed by atoms with E-state index in [1.54, 1.807) is 24.3 Å². The lowest BCUT2D eigenvalue weighted by atomic mass is 9.93. The van der Waals surface area contributed by atoms with E-state index in [2.05, 4.69) is 16.4 Å². The fourth-order valence-corrected chi connectivity index (χ4v) is 2.93. The zero-order valence-corrected chi connectivity index (χ0v) is 12.5. The molecule has 3 rings (SSSR count). The van der Waals surface area contributed by atoms with E-state index in [1.165, 1.54) is 18.4 Å². The summed E-state index contributed by atoms with van der Waals surface area (Å²) in [6.45, 7) is 2.23. The molecule has 1 fully saturated rings. The monoisotopic (exact) mass is 296 g/mol. The molecule has 2 N–H and O–H groups in total. The van der Waals surface area contributed by atoms with E-state index in [4.69, 9.17) is 5.11 Å². The van der Waals surface area contributed by atoms with E-state index >= 15 is 0 Å². The molecule has 1 aliphatic rings. The van der Waals surface area contributed by atoms with Gasteiger partial charge in [0.25, 0.3) is 0 Å². The van der Waals surface area contributed by atoms with Crippen LogP contribution in [0.15, 0.2) is 42.6 Å². The first-order valence-electron chi connectivity index (χ1n) is 7.72. The number of carbonyl (C=O) groups is 1. The molecule has 0 spiro atoms. The Morgan fingerprint density at radius 2 is 2.05 bits per heavy atom. The smallest absolute Gasteiger partial charge is 0.335 e. The number of rotatable bonds is 4. The number of benzene rings is 1. The minimum Gasteiger partial charge on any atom is -0.478 e. The van der Waals surface area contributed by atoms with Gasteiger partial charge in [-0.1, -0.05) is 18.2 Å². The number of nitrogens with zero attached hydrogens (tertiary/aromatic N) is 1. The van der Waals surface area contributed by atoms with Crippen molar-refractivity contribution in [2.45, 2.75) is 19.3 Å². The summed E-state index contributed by atoms with van der Waals surface area (Å²) < 4.78 is 0. The standard InChI is InChI=1S/C18H20N2O2/c21-18(22)16-6-4-15(5-7-16)17-8-3-14(12-20-17)10-13-2-1-9-19-11-13/h3-8,12-13,19H,1-2,9-11H2,(H,21,22)/t13-/m0/s1. The number of piperidine rings is 1. The van der Waals surface area contributed by atoms with E-state index < -0.39 is 5.97 Å². The van der Waals surface area contributed by atoms with Gasteiger partial charge in [-0.3, -0.25) is 4.98 Å². The largest absolute Gasteiger partial charge is 0.478 e. The molecule has 2 aromatic rings. The van der Waals surface area contributed by atoms with Crippen molar-refractivity contribution < 1.29 is 9.90 Å². The van der Waals surface area contributed by atoms with Crippen LogP contribution in [0.2, 0.25) is 0 Å². The highest BCUT2D eigenvalue weighted by Crippen LogP contribution is 2.20. The molecule has 0 saturated carbocycles. The number of carboxylic acids is 1. The average molecular weight is 296 g/mol. The van der Waals surface area contributed by atoms with Gasteiger partial charge in [0.15, 0.2) is 0 Å². The van der Waals surface area contributed by atoms with Crippen molar-refractivity contribution in [1.29, 1.82) is 0 Å². The number of aromatic nitrogens is 1. The van der Waals surface area contributed by atoms with Gasteiger partial charge >= 0.3 is 5.97 Å². The fraction of sp³-hybridized carbons (Fsp3) is 0.333. The van der Waals surface area contributed by atoms with E-state index in [1.807, 2.05) is 12.3 Å². The van der Waals surface area contributed by atoms with Gasteiger partial charge in [0.05, 0.1) is 11.3 Å². The van der Waals surface area contributed by atoms with E-state index in [-0.39, 0.29) is 0 Å². The Kier molecular flexibility index (Phi) is 4.49. The van der Waals surface area contributed by atoms with Crippen LogP contribution in [0.3, 0.4) is 0 Å². The molecule has 22 heavy (non-hydrogen) atoms. The van der Waals surface area contributed by atoms with Crippen LogP contribution in [0.5, 0.6) is 0 Å². The fourth-order valence-electron chi connectivity index (χ4n) is 2.93. The number of nitrogens with one attached hydrogen (secondary N) is 1. The van der Waals surface area contributed by atoms with Crippen molar-refractivity contribution in [3.63, 3.8) is 0 Å². The Morgan fingerprint density at radius 1 is 1.23 bits per heavy atom. The SMILES string of the molecule is O=C(O)c1ccc(-c2ccc(C[C@@H]3CCCNC3)cn2)cc1. The molecular weight excluding hydrogens is 276 g/mol. The lowest BCUT2D eigenvalue weighted by molar-refractivity contribution is 0.0697. The van der Waals surface area contributed by atoms with Crippen LogP contribution in [0.4, 0.5) is 0 Å². The lowest BCUT2D eigenvalue weighted by Crippen LogP contribution is -2.30. The molecule has 0 unspecified atom stereocenters. The second-order valence-electron chi connectivity index (χ2n) is 5.85. The summed E-state index contributed by atoms with van der Waals surface area (Å²) in [5.41, 5.74) is 3.38. The molecule has 0 bridgehead atoms. The minimum atomic E-state index is -0.907. The van der Waals surface area contributed by atoms with Crippen LogP contribution in [0.25, 0.3) is 11.3 Å². The van der Waals surface area contributed by atoms with Crippen LogP contribution < -0.4 is 5.32 Å². The minimum absolute atomic E-state index is 0.296. The zero-order valence-electron chi connectivity index (χ0n) is 12.5. The summed E-state index contributed by atoms with van der Waals surface area (Å²) in [5, 5.41) is 12.4. The Labute approximate surface area is 130 Å². The molecule has 1 atom stereocenters. The van der Waals surface area contributed by atoms with Crippen LogP contribution >= 0.6 is 0 Å². The van der Waals surface area contributed by atoms with Gasteiger partial charge in [0.1, 0.15) is 0 Å². The van der Waals surface area contributed by atoms with Gasteiger partial charge in [-0.15, -0.1) is 0 Å². The number of aromatic carboxylic acids is 1. The quantitative estimate of drug-likeness (QED) is 0.910. The summed E-state index contributed by atoms with van der Waals surface area (Å²) in [7, 11) is 0. The van der Waals surface area contributed by atoms with E-state index in [9.17, 15) is 4.79 Å². The molecule has 1 aliphatic heterocycles. The maximum absolute atomic E-state index is 10.9. The molecule has 1 saturated heterocycles. The molecule has 1 aromatic heterocycles. The molecule has 0 amide bonds. The summed E-state index contributed by atoms with van der Waals surface area (Å²) in [4.78, 5) is 15.4. The van der Waals surface area contributed by atoms with Crippen molar-refractivity contribution in [3.8, 4) is 11.3 Å². The highest BCUT2D eigenvalue weighted by atomic mass is 16.4. The molecule has 4 nitrogen and oxygen atoms in total. The second kappa shape index (κ2) is 6.71. The van der Waals surface area contributed by atoms with Gasteiger partial charge in [-0.2, -0.15) is 0 Å². The van der Waals surface area contributed by atoms with E-state index in [0.717, 1.165) is 30.8 Å². The first kappa shape index (κ1) is 14.7. The Bertz CT molecular complexity index is 629. The summed E-state index contributed by atoms with van der Waals surface area (Å²) in [6.07, 6.45) is 5.55. The van der Waals surface area contributed by atoms with Gasteiger partial charge in [-0.25, -0.2) is 4.79 Å². The summed E-state index contributed by atoms with van der Waals surface area (Å²) >= 11 is 0. The first-order valence-corrected chi connectivity index (χ1v) is 7.72. The van der Waals surface area contributed by atoms with Gasteiger partial charge in [0.2, 0.25) is 0 Å². The van der Waals surface area contributed by atoms with Crippen LogP contribution in [-0.2, 0) is 6.42 Å². The first-order chi connectivity index (χ1) is 10.7. The average Bonchev–Trinajstić information content (AvgIpc) is 2.57. The third-order valence-electron chi connectivity index (χ3n) is 4.18. The predicted molar refractivity (Wildman–Crippen MR) is 85.9 cm³/mol. The molecule has 114 valence electrons. The number of hydrogen-bond acceptors (Lipinski definition) is 3. The molecule has 0 aliphatic carbocycles. The number of carboxylic acid groups (broad SMARTS) is 1. The van der Waals surface area contributed by atoms with Crippen molar-refractivity contribution in [1.82, 2.24) is 10.3 Å². The van der Waals surface area contributed by atoms with Crippen LogP contribution in [0, 0.1) is 5.92 Å². The highest BCUT2D eigenvalue weighted by Gasteiger charge is 2.13. The maximum atomic E-state index is 10.9. The normalized spacial score (nSPS) is 18.1. The van der Waals surface area contributed by atoms with Crippen LogP contribution in [-0.4, -0.2) is 29.1 Å². The maximum Gasteiger partial charge on any atom is 0.335 e. The van der Waals surface area contributed by atoms with Gasteiger partial charge in [-0.05, 0) is 62.0 Å². The second-order valence-corrected chi connectivity index (χ2v) is 5.85. The number of pyridine rings is 1. The third kappa shape index (κ3) is 3.52. The lowest BCUT2D eigenvalue weighted by Gasteiger charge is -2.22. The Morgan fingerprint density at radius 3 is 2.64 bits per heavy atom. The highest BCUT2D eigenvalue weighted by molar-refractivity contribution is 5.88. The molecule has 0 radical (unpaired) electrons. The molecule has 4 heteroatoms. The molecule has 2 heterocycles. The van der Waals surface area contributed by atoms with Gasteiger partial charge < -0.3 is 10.4 Å². The van der Waals surface area contributed by atoms with Crippen molar-refractivity contribution in [2.75, 3.05) is 13.1 Å².